The molecule has 0 saturated carbocycles. The van der Waals surface area contributed by atoms with Crippen LogP contribution in [-0.4, -0.2) is 13.4 Å². The molecule has 0 fully saturated rings. The Balaban J connectivity index is 2.06. The number of rotatable bonds is 3. The summed E-state index contributed by atoms with van der Waals surface area (Å²) in [7, 11) is -3.58. The second-order valence-corrected chi connectivity index (χ2v) is 9.82. The van der Waals surface area contributed by atoms with Gasteiger partial charge in [-0.15, -0.1) is 22.7 Å². The smallest absolute Gasteiger partial charge is 0.226 e. The molecule has 0 aliphatic rings. The van der Waals surface area contributed by atoms with E-state index in [2.05, 4.69) is 4.98 Å². The molecular formula is C17H10ClNO2S3. The number of benzene rings is 1. The maximum absolute atomic E-state index is 13.1. The van der Waals surface area contributed by atoms with Gasteiger partial charge in [0.05, 0.1) is 0 Å². The van der Waals surface area contributed by atoms with Crippen molar-refractivity contribution in [3.63, 3.8) is 0 Å². The molecule has 3 heterocycles. The second kappa shape index (κ2) is 5.97. The Morgan fingerprint density at radius 2 is 1.79 bits per heavy atom. The van der Waals surface area contributed by atoms with Crippen molar-refractivity contribution in [1.82, 2.24) is 4.98 Å². The Morgan fingerprint density at radius 1 is 1.00 bits per heavy atom. The van der Waals surface area contributed by atoms with Crippen LogP contribution in [0.15, 0.2) is 68.5 Å². The Bertz CT molecular complexity index is 1110. The number of aromatic nitrogens is 1. The van der Waals surface area contributed by atoms with Gasteiger partial charge in [-0.3, -0.25) is 0 Å². The summed E-state index contributed by atoms with van der Waals surface area (Å²) in [6, 6.07) is 14.3. The third kappa shape index (κ3) is 2.56. The standard InChI is InChI=1S/C17H10ClNO2S3/c18-12-7-5-11(6-8-12)15-13-3-1-9-19-16(13)23-17(15)24(20,21)14-4-2-10-22-14/h1-10H. The molecule has 4 rings (SSSR count). The van der Waals surface area contributed by atoms with Crippen LogP contribution in [0.25, 0.3) is 21.3 Å². The van der Waals surface area contributed by atoms with Crippen molar-refractivity contribution in [1.29, 1.82) is 0 Å². The number of sulfone groups is 1. The second-order valence-electron chi connectivity index (χ2n) is 5.06. The number of thiophene rings is 2. The first-order chi connectivity index (χ1) is 11.6. The van der Waals surface area contributed by atoms with Gasteiger partial charge in [0.25, 0.3) is 0 Å². The summed E-state index contributed by atoms with van der Waals surface area (Å²) >= 11 is 8.40. The van der Waals surface area contributed by atoms with Crippen LogP contribution in [0.5, 0.6) is 0 Å². The largest absolute Gasteiger partial charge is 0.245 e. The summed E-state index contributed by atoms with van der Waals surface area (Å²) in [4.78, 5) is 5.04. The molecule has 24 heavy (non-hydrogen) atoms. The molecule has 120 valence electrons. The Morgan fingerprint density at radius 3 is 2.50 bits per heavy atom. The molecule has 0 saturated heterocycles. The molecule has 1 aromatic carbocycles. The molecule has 0 bridgehead atoms. The number of hydrogen-bond acceptors (Lipinski definition) is 5. The molecule has 0 amide bonds. The van der Waals surface area contributed by atoms with Gasteiger partial charge in [0.1, 0.15) is 13.2 Å². The zero-order valence-electron chi connectivity index (χ0n) is 12.1. The van der Waals surface area contributed by atoms with Crippen LogP contribution in [0.1, 0.15) is 0 Å². The summed E-state index contributed by atoms with van der Waals surface area (Å²) in [5.74, 6) is 0. The maximum Gasteiger partial charge on any atom is 0.226 e. The van der Waals surface area contributed by atoms with Gasteiger partial charge in [-0.2, -0.15) is 0 Å². The number of fused-ring (bicyclic) bond motifs is 1. The number of nitrogens with zero attached hydrogens (tertiary/aromatic N) is 1. The average Bonchev–Trinajstić information content (AvgIpc) is 3.24. The summed E-state index contributed by atoms with van der Waals surface area (Å²) in [5.41, 5.74) is 1.50. The highest BCUT2D eigenvalue weighted by Gasteiger charge is 2.27. The van der Waals surface area contributed by atoms with Crippen molar-refractivity contribution in [2.45, 2.75) is 8.42 Å². The third-order valence-electron chi connectivity index (χ3n) is 3.57. The molecule has 0 atom stereocenters. The highest BCUT2D eigenvalue weighted by atomic mass is 35.5. The van der Waals surface area contributed by atoms with Gasteiger partial charge < -0.3 is 0 Å². The zero-order valence-corrected chi connectivity index (χ0v) is 15.3. The van der Waals surface area contributed by atoms with Crippen LogP contribution in [0.2, 0.25) is 5.02 Å². The lowest BCUT2D eigenvalue weighted by atomic mass is 10.1. The maximum atomic E-state index is 13.1. The molecule has 0 spiro atoms. The molecule has 0 radical (unpaired) electrons. The van der Waals surface area contributed by atoms with E-state index in [0.717, 1.165) is 10.9 Å². The lowest BCUT2D eigenvalue weighted by molar-refractivity contribution is 0.600. The molecule has 0 unspecified atom stereocenters. The van der Waals surface area contributed by atoms with Crippen LogP contribution < -0.4 is 0 Å². The van der Waals surface area contributed by atoms with Gasteiger partial charge in [0.2, 0.25) is 9.84 Å². The third-order valence-corrected chi connectivity index (χ3v) is 8.61. The minimum absolute atomic E-state index is 0.320. The van der Waals surface area contributed by atoms with Gasteiger partial charge in [-0.1, -0.05) is 29.8 Å². The molecule has 3 aromatic heterocycles. The Kier molecular flexibility index (Phi) is 3.92. The van der Waals surface area contributed by atoms with E-state index in [1.807, 2.05) is 24.3 Å². The molecule has 0 aliphatic carbocycles. The van der Waals surface area contributed by atoms with Gasteiger partial charge in [0.15, 0.2) is 0 Å². The van der Waals surface area contributed by atoms with Crippen LogP contribution in [0.3, 0.4) is 0 Å². The van der Waals surface area contributed by atoms with Crippen molar-refractivity contribution in [3.8, 4) is 11.1 Å². The molecule has 3 nitrogen and oxygen atoms in total. The van der Waals surface area contributed by atoms with Crippen LogP contribution >= 0.6 is 34.3 Å². The first-order valence-electron chi connectivity index (χ1n) is 6.99. The van der Waals surface area contributed by atoms with Gasteiger partial charge >= 0.3 is 0 Å². The number of hydrogen-bond donors (Lipinski definition) is 0. The van der Waals surface area contributed by atoms with E-state index in [9.17, 15) is 8.42 Å². The van der Waals surface area contributed by atoms with E-state index in [1.54, 1.807) is 35.8 Å². The predicted octanol–water partition coefficient (Wildman–Crippen LogP) is 5.51. The van der Waals surface area contributed by atoms with Crippen molar-refractivity contribution >= 4 is 54.3 Å². The molecule has 0 aliphatic heterocycles. The Labute approximate surface area is 152 Å². The summed E-state index contributed by atoms with van der Waals surface area (Å²) in [5, 5.41) is 3.21. The van der Waals surface area contributed by atoms with Crippen molar-refractivity contribution in [3.05, 3.63) is 65.1 Å². The molecule has 0 N–H and O–H groups in total. The quantitative estimate of drug-likeness (QED) is 0.462. The molecule has 7 heteroatoms. The minimum atomic E-state index is -3.58. The topological polar surface area (TPSA) is 47.0 Å². The van der Waals surface area contributed by atoms with E-state index in [4.69, 9.17) is 11.6 Å². The monoisotopic (exact) mass is 391 g/mol. The molecule has 4 aromatic rings. The van der Waals surface area contributed by atoms with Crippen molar-refractivity contribution in [2.24, 2.45) is 0 Å². The van der Waals surface area contributed by atoms with Crippen LogP contribution in [0, 0.1) is 0 Å². The van der Waals surface area contributed by atoms with Gasteiger partial charge in [-0.05, 0) is 41.3 Å². The lowest BCUT2D eigenvalue weighted by Crippen LogP contribution is -1.98. The first-order valence-corrected chi connectivity index (χ1v) is 10.5. The fraction of sp³-hybridized carbons (Fsp3) is 0. The number of pyridine rings is 1. The van der Waals surface area contributed by atoms with Gasteiger partial charge in [-0.25, -0.2) is 13.4 Å². The highest BCUT2D eigenvalue weighted by Crippen LogP contribution is 2.43. The van der Waals surface area contributed by atoms with Crippen molar-refractivity contribution in [2.75, 3.05) is 0 Å². The molecular weight excluding hydrogens is 382 g/mol. The first kappa shape index (κ1) is 15.8. The van der Waals surface area contributed by atoms with E-state index in [-0.39, 0.29) is 0 Å². The summed E-state index contributed by atoms with van der Waals surface area (Å²) < 4.78 is 26.8. The van der Waals surface area contributed by atoms with E-state index in [0.29, 0.717) is 23.8 Å². The number of halogens is 1. The van der Waals surface area contributed by atoms with Gasteiger partial charge in [0, 0.05) is 22.2 Å². The minimum Gasteiger partial charge on any atom is -0.245 e. The SMILES string of the molecule is O=S(=O)(c1cccs1)c1sc2ncccc2c1-c1ccc(Cl)cc1. The van der Waals surface area contributed by atoms with E-state index in [1.165, 1.54) is 22.7 Å². The normalized spacial score (nSPS) is 11.9. The average molecular weight is 392 g/mol. The van der Waals surface area contributed by atoms with E-state index >= 15 is 0 Å². The Hall–Kier alpha value is -1.73. The zero-order chi connectivity index (χ0) is 16.7. The predicted molar refractivity (Wildman–Crippen MR) is 99.8 cm³/mol. The van der Waals surface area contributed by atoms with Crippen LogP contribution in [0.4, 0.5) is 0 Å². The lowest BCUT2D eigenvalue weighted by Gasteiger charge is -2.05. The fourth-order valence-corrected chi connectivity index (χ4v) is 6.94. The van der Waals surface area contributed by atoms with Crippen molar-refractivity contribution < 1.29 is 8.42 Å². The summed E-state index contributed by atoms with van der Waals surface area (Å²) in [6.07, 6.45) is 1.67. The fourth-order valence-electron chi connectivity index (χ4n) is 2.50. The van der Waals surface area contributed by atoms with Crippen LogP contribution in [-0.2, 0) is 9.84 Å². The highest BCUT2D eigenvalue weighted by molar-refractivity contribution is 7.95. The summed E-state index contributed by atoms with van der Waals surface area (Å²) in [6.45, 7) is 0. The van der Waals surface area contributed by atoms with E-state index < -0.39 is 9.84 Å².